The van der Waals surface area contributed by atoms with Crippen LogP contribution in [0.3, 0.4) is 0 Å². The van der Waals surface area contributed by atoms with Gasteiger partial charge in [0.2, 0.25) is 0 Å². The van der Waals surface area contributed by atoms with Crippen LogP contribution in [-0.2, 0) is 4.74 Å². The monoisotopic (exact) mass is 197 g/mol. The van der Waals surface area contributed by atoms with E-state index in [0.717, 1.165) is 29.5 Å². The van der Waals surface area contributed by atoms with E-state index in [1.54, 1.807) is 11.8 Å². The lowest BCUT2D eigenvalue weighted by Crippen LogP contribution is -1.96. The van der Waals surface area contributed by atoms with E-state index in [0.29, 0.717) is 0 Å². The Hall–Kier alpha value is -0.670. The number of para-hydroxylation sites is 1. The van der Waals surface area contributed by atoms with E-state index in [2.05, 4.69) is 0 Å². The number of hydrogen-bond donors (Lipinski definition) is 1. The summed E-state index contributed by atoms with van der Waals surface area (Å²) in [5, 5.41) is 0. The van der Waals surface area contributed by atoms with E-state index in [1.165, 1.54) is 0 Å². The van der Waals surface area contributed by atoms with Gasteiger partial charge in [0, 0.05) is 22.9 Å². The molecule has 0 fully saturated rings. The summed E-state index contributed by atoms with van der Waals surface area (Å²) in [5.41, 5.74) is 6.62. The Labute approximate surface area is 83.5 Å². The average Bonchev–Trinajstić information content (AvgIpc) is 2.15. The molecule has 2 nitrogen and oxygen atoms in total. The van der Waals surface area contributed by atoms with Gasteiger partial charge in [-0.15, -0.1) is 11.8 Å². The van der Waals surface area contributed by atoms with Crippen LogP contribution in [0.4, 0.5) is 5.69 Å². The number of anilines is 1. The minimum Gasteiger partial charge on any atom is -0.398 e. The molecule has 0 aliphatic rings. The van der Waals surface area contributed by atoms with Gasteiger partial charge in [-0.05, 0) is 19.1 Å². The van der Waals surface area contributed by atoms with Crippen molar-refractivity contribution in [2.24, 2.45) is 0 Å². The molecular formula is C10H15NOS. The summed E-state index contributed by atoms with van der Waals surface area (Å²) >= 11 is 1.74. The van der Waals surface area contributed by atoms with Crippen LogP contribution >= 0.6 is 11.8 Å². The van der Waals surface area contributed by atoms with Gasteiger partial charge >= 0.3 is 0 Å². The van der Waals surface area contributed by atoms with Crippen LogP contribution in [0, 0.1) is 0 Å². The van der Waals surface area contributed by atoms with E-state index < -0.39 is 0 Å². The predicted octanol–water partition coefficient (Wildman–Crippen LogP) is 2.40. The fourth-order valence-corrected chi connectivity index (χ4v) is 1.80. The Morgan fingerprint density at radius 1 is 1.38 bits per heavy atom. The van der Waals surface area contributed by atoms with Crippen molar-refractivity contribution in [3.05, 3.63) is 24.3 Å². The van der Waals surface area contributed by atoms with Gasteiger partial charge in [0.25, 0.3) is 0 Å². The molecule has 0 spiro atoms. The molecule has 0 saturated carbocycles. The van der Waals surface area contributed by atoms with Crippen molar-refractivity contribution in [1.82, 2.24) is 0 Å². The SMILES string of the molecule is CCOCCSc1ccccc1N. The zero-order chi connectivity index (χ0) is 9.52. The van der Waals surface area contributed by atoms with E-state index in [4.69, 9.17) is 10.5 Å². The summed E-state index contributed by atoms with van der Waals surface area (Å²) in [7, 11) is 0. The van der Waals surface area contributed by atoms with Gasteiger partial charge in [0.15, 0.2) is 0 Å². The number of thioether (sulfide) groups is 1. The van der Waals surface area contributed by atoms with Crippen LogP contribution in [0.25, 0.3) is 0 Å². The Morgan fingerprint density at radius 3 is 2.85 bits per heavy atom. The number of nitrogen functional groups attached to an aromatic ring is 1. The van der Waals surface area contributed by atoms with Gasteiger partial charge in [0.1, 0.15) is 0 Å². The summed E-state index contributed by atoms with van der Waals surface area (Å²) in [4.78, 5) is 1.14. The van der Waals surface area contributed by atoms with E-state index >= 15 is 0 Å². The predicted molar refractivity (Wildman–Crippen MR) is 58.1 cm³/mol. The van der Waals surface area contributed by atoms with Crippen molar-refractivity contribution in [1.29, 1.82) is 0 Å². The third-order valence-corrected chi connectivity index (χ3v) is 2.66. The summed E-state index contributed by atoms with van der Waals surface area (Å²) in [6.45, 7) is 3.57. The van der Waals surface area contributed by atoms with Crippen molar-refractivity contribution >= 4 is 17.4 Å². The van der Waals surface area contributed by atoms with Crippen LogP contribution in [0.5, 0.6) is 0 Å². The second-order valence-corrected chi connectivity index (χ2v) is 3.72. The Kier molecular flexibility index (Phi) is 4.72. The third kappa shape index (κ3) is 3.70. The zero-order valence-electron chi connectivity index (χ0n) is 7.82. The van der Waals surface area contributed by atoms with E-state index in [9.17, 15) is 0 Å². The average molecular weight is 197 g/mol. The molecule has 1 aromatic carbocycles. The number of benzene rings is 1. The van der Waals surface area contributed by atoms with Crippen molar-refractivity contribution in [3.8, 4) is 0 Å². The Bertz CT molecular complexity index is 252. The summed E-state index contributed by atoms with van der Waals surface area (Å²) < 4.78 is 5.23. The molecule has 0 bridgehead atoms. The lowest BCUT2D eigenvalue weighted by molar-refractivity contribution is 0.164. The maximum atomic E-state index is 5.77. The lowest BCUT2D eigenvalue weighted by Gasteiger charge is -2.04. The molecule has 3 heteroatoms. The van der Waals surface area contributed by atoms with Crippen molar-refractivity contribution in [3.63, 3.8) is 0 Å². The largest absolute Gasteiger partial charge is 0.398 e. The highest BCUT2D eigenvalue weighted by Gasteiger charge is 1.97. The normalized spacial score (nSPS) is 10.2. The first kappa shape index (κ1) is 10.4. The molecule has 13 heavy (non-hydrogen) atoms. The van der Waals surface area contributed by atoms with Crippen molar-refractivity contribution < 1.29 is 4.74 Å². The Balaban J connectivity index is 2.32. The maximum Gasteiger partial charge on any atom is 0.0560 e. The van der Waals surface area contributed by atoms with Crippen molar-refractivity contribution in [2.45, 2.75) is 11.8 Å². The molecule has 0 heterocycles. The fourth-order valence-electron chi connectivity index (χ4n) is 0.967. The van der Waals surface area contributed by atoms with Crippen molar-refractivity contribution in [2.75, 3.05) is 24.7 Å². The topological polar surface area (TPSA) is 35.2 Å². The standard InChI is InChI=1S/C10H15NOS/c1-2-12-7-8-13-10-6-4-3-5-9(10)11/h3-6H,2,7-8,11H2,1H3. The number of hydrogen-bond acceptors (Lipinski definition) is 3. The molecule has 0 amide bonds. The van der Waals surface area contributed by atoms with Crippen LogP contribution in [0.2, 0.25) is 0 Å². The molecule has 0 atom stereocenters. The van der Waals surface area contributed by atoms with Gasteiger partial charge in [-0.25, -0.2) is 0 Å². The minimum atomic E-state index is 0.783. The molecule has 0 saturated heterocycles. The first-order valence-corrected chi connectivity index (χ1v) is 5.38. The first-order valence-electron chi connectivity index (χ1n) is 4.39. The van der Waals surface area contributed by atoms with Gasteiger partial charge in [-0.1, -0.05) is 12.1 Å². The summed E-state index contributed by atoms with van der Waals surface area (Å²) in [5.74, 6) is 0.960. The summed E-state index contributed by atoms with van der Waals surface area (Å²) in [6.07, 6.45) is 0. The number of ether oxygens (including phenoxy) is 1. The lowest BCUT2D eigenvalue weighted by atomic mass is 10.3. The van der Waals surface area contributed by atoms with Gasteiger partial charge in [0.05, 0.1) is 6.61 Å². The quantitative estimate of drug-likeness (QED) is 0.447. The molecule has 0 aromatic heterocycles. The molecule has 0 aliphatic heterocycles. The van der Waals surface area contributed by atoms with Gasteiger partial charge in [-0.2, -0.15) is 0 Å². The van der Waals surface area contributed by atoms with Crippen LogP contribution in [0.15, 0.2) is 29.2 Å². The molecule has 0 radical (unpaired) electrons. The highest BCUT2D eigenvalue weighted by molar-refractivity contribution is 7.99. The highest BCUT2D eigenvalue weighted by atomic mass is 32.2. The first-order chi connectivity index (χ1) is 6.34. The second-order valence-electron chi connectivity index (χ2n) is 2.58. The van der Waals surface area contributed by atoms with E-state index in [-0.39, 0.29) is 0 Å². The third-order valence-electron chi connectivity index (χ3n) is 1.61. The minimum absolute atomic E-state index is 0.783. The molecule has 2 N–H and O–H groups in total. The molecule has 0 unspecified atom stereocenters. The smallest absolute Gasteiger partial charge is 0.0560 e. The fraction of sp³-hybridized carbons (Fsp3) is 0.400. The van der Waals surface area contributed by atoms with Gasteiger partial charge < -0.3 is 10.5 Å². The zero-order valence-corrected chi connectivity index (χ0v) is 8.64. The molecule has 1 aromatic rings. The van der Waals surface area contributed by atoms with Crippen LogP contribution in [0.1, 0.15) is 6.92 Å². The van der Waals surface area contributed by atoms with Gasteiger partial charge in [-0.3, -0.25) is 0 Å². The van der Waals surface area contributed by atoms with Crippen LogP contribution in [-0.4, -0.2) is 19.0 Å². The van der Waals surface area contributed by atoms with Crippen LogP contribution < -0.4 is 5.73 Å². The maximum absolute atomic E-state index is 5.77. The number of rotatable bonds is 5. The molecule has 1 rings (SSSR count). The number of nitrogens with two attached hydrogens (primary N) is 1. The summed E-state index contributed by atoms with van der Waals surface area (Å²) in [6, 6.07) is 7.90. The Morgan fingerprint density at radius 2 is 2.15 bits per heavy atom. The second kappa shape index (κ2) is 5.89. The highest BCUT2D eigenvalue weighted by Crippen LogP contribution is 2.23. The molecular weight excluding hydrogens is 182 g/mol. The molecule has 72 valence electrons. The molecule has 0 aliphatic carbocycles. The van der Waals surface area contributed by atoms with E-state index in [1.807, 2.05) is 31.2 Å².